The van der Waals surface area contributed by atoms with Gasteiger partial charge in [0, 0.05) is 23.0 Å². The van der Waals surface area contributed by atoms with Crippen LogP contribution in [0.2, 0.25) is 0 Å². The van der Waals surface area contributed by atoms with E-state index in [0.717, 1.165) is 0 Å². The van der Waals surface area contributed by atoms with E-state index in [-0.39, 0.29) is 5.91 Å². The highest BCUT2D eigenvalue weighted by Gasteiger charge is 2.09. The number of methoxy groups -OCH3 is 1. The fourth-order valence-electron chi connectivity index (χ4n) is 1.91. The fraction of sp³-hybridized carbons (Fsp3) is 0.188. The highest BCUT2D eigenvalue weighted by atomic mass is 16.5. The van der Waals surface area contributed by atoms with Gasteiger partial charge in [-0.2, -0.15) is 0 Å². The summed E-state index contributed by atoms with van der Waals surface area (Å²) in [6.07, 6.45) is 0. The van der Waals surface area contributed by atoms with Crippen LogP contribution in [0.4, 0.5) is 11.4 Å². The third-order valence-corrected chi connectivity index (χ3v) is 2.87. The lowest BCUT2D eigenvalue weighted by Gasteiger charge is -2.12. The molecule has 21 heavy (non-hydrogen) atoms. The van der Waals surface area contributed by atoms with Gasteiger partial charge >= 0.3 is 0 Å². The van der Waals surface area contributed by atoms with Crippen molar-refractivity contribution in [2.75, 3.05) is 24.8 Å². The summed E-state index contributed by atoms with van der Waals surface area (Å²) in [5, 5.41) is 2.81. The van der Waals surface area contributed by atoms with Crippen LogP contribution in [0.1, 0.15) is 17.3 Å². The van der Waals surface area contributed by atoms with Crippen molar-refractivity contribution in [3.05, 3.63) is 48.0 Å². The van der Waals surface area contributed by atoms with Gasteiger partial charge in [-0.05, 0) is 37.3 Å². The van der Waals surface area contributed by atoms with Crippen molar-refractivity contribution in [1.29, 1.82) is 0 Å². The van der Waals surface area contributed by atoms with Gasteiger partial charge in [-0.15, -0.1) is 0 Å². The minimum Gasteiger partial charge on any atom is -0.493 e. The second kappa shape index (κ2) is 6.65. The van der Waals surface area contributed by atoms with Crippen molar-refractivity contribution in [1.82, 2.24) is 0 Å². The molecule has 0 heterocycles. The molecule has 0 spiro atoms. The summed E-state index contributed by atoms with van der Waals surface area (Å²) >= 11 is 0. The van der Waals surface area contributed by atoms with Crippen molar-refractivity contribution >= 4 is 17.3 Å². The number of nitrogens with one attached hydrogen (secondary N) is 1. The summed E-state index contributed by atoms with van der Waals surface area (Å²) in [5.41, 5.74) is 7.36. The maximum atomic E-state index is 12.2. The van der Waals surface area contributed by atoms with Crippen molar-refractivity contribution < 1.29 is 14.3 Å². The number of anilines is 2. The predicted molar refractivity (Wildman–Crippen MR) is 83.0 cm³/mol. The molecule has 0 aliphatic carbocycles. The molecule has 3 N–H and O–H groups in total. The van der Waals surface area contributed by atoms with E-state index in [1.165, 1.54) is 0 Å². The minimum absolute atomic E-state index is 0.227. The molecule has 0 aliphatic heterocycles. The molecule has 0 radical (unpaired) electrons. The third kappa shape index (κ3) is 3.66. The Bertz CT molecular complexity index is 641. The molecule has 2 aromatic carbocycles. The fourth-order valence-corrected chi connectivity index (χ4v) is 1.91. The minimum atomic E-state index is -0.227. The second-order valence-corrected chi connectivity index (χ2v) is 4.38. The SMILES string of the molecule is CCOc1cc(NC(=O)c2cccc(N)c2)ccc1OC. The summed E-state index contributed by atoms with van der Waals surface area (Å²) in [6.45, 7) is 2.40. The van der Waals surface area contributed by atoms with Crippen LogP contribution in [0.15, 0.2) is 42.5 Å². The number of carbonyl (C=O) groups is 1. The van der Waals surface area contributed by atoms with Gasteiger partial charge < -0.3 is 20.5 Å². The zero-order valence-electron chi connectivity index (χ0n) is 12.1. The largest absolute Gasteiger partial charge is 0.493 e. The Morgan fingerprint density at radius 3 is 2.67 bits per heavy atom. The van der Waals surface area contributed by atoms with Crippen molar-refractivity contribution in [3.8, 4) is 11.5 Å². The van der Waals surface area contributed by atoms with E-state index < -0.39 is 0 Å². The number of nitrogens with two attached hydrogens (primary N) is 1. The Morgan fingerprint density at radius 1 is 1.19 bits per heavy atom. The number of hydrogen-bond donors (Lipinski definition) is 2. The van der Waals surface area contributed by atoms with Gasteiger partial charge in [0.05, 0.1) is 13.7 Å². The van der Waals surface area contributed by atoms with Crippen LogP contribution in [-0.4, -0.2) is 19.6 Å². The lowest BCUT2D eigenvalue weighted by atomic mass is 10.2. The van der Waals surface area contributed by atoms with Crippen LogP contribution in [-0.2, 0) is 0 Å². The first-order valence-electron chi connectivity index (χ1n) is 6.61. The van der Waals surface area contributed by atoms with Gasteiger partial charge in [0.1, 0.15) is 0 Å². The molecule has 2 aromatic rings. The van der Waals surface area contributed by atoms with Gasteiger partial charge in [0.2, 0.25) is 0 Å². The van der Waals surface area contributed by atoms with E-state index in [0.29, 0.717) is 35.0 Å². The van der Waals surface area contributed by atoms with E-state index in [1.54, 1.807) is 49.6 Å². The molecular weight excluding hydrogens is 268 g/mol. The van der Waals surface area contributed by atoms with Gasteiger partial charge in [-0.1, -0.05) is 6.07 Å². The Labute approximate surface area is 123 Å². The number of ether oxygens (including phenoxy) is 2. The molecule has 2 rings (SSSR count). The average molecular weight is 286 g/mol. The Morgan fingerprint density at radius 2 is 2.00 bits per heavy atom. The number of benzene rings is 2. The third-order valence-electron chi connectivity index (χ3n) is 2.87. The van der Waals surface area contributed by atoms with Gasteiger partial charge in [0.15, 0.2) is 11.5 Å². The first kappa shape index (κ1) is 14.7. The van der Waals surface area contributed by atoms with Crippen LogP contribution in [0, 0.1) is 0 Å². The zero-order valence-corrected chi connectivity index (χ0v) is 12.1. The van der Waals surface area contributed by atoms with Gasteiger partial charge in [0.25, 0.3) is 5.91 Å². The van der Waals surface area contributed by atoms with Crippen molar-refractivity contribution in [3.63, 3.8) is 0 Å². The molecule has 0 bridgehead atoms. The molecule has 110 valence electrons. The maximum absolute atomic E-state index is 12.2. The first-order valence-corrected chi connectivity index (χ1v) is 6.61. The highest BCUT2D eigenvalue weighted by Crippen LogP contribution is 2.30. The standard InChI is InChI=1S/C16H18N2O3/c1-3-21-15-10-13(7-8-14(15)20-2)18-16(19)11-5-4-6-12(17)9-11/h4-10H,3,17H2,1-2H3,(H,18,19). The summed E-state index contributed by atoms with van der Waals surface area (Å²) < 4.78 is 10.7. The Hall–Kier alpha value is -2.69. The number of rotatable bonds is 5. The lowest BCUT2D eigenvalue weighted by Crippen LogP contribution is -2.12. The van der Waals surface area contributed by atoms with Crippen LogP contribution in [0.3, 0.4) is 0 Å². The van der Waals surface area contributed by atoms with E-state index in [2.05, 4.69) is 5.32 Å². The molecule has 1 amide bonds. The summed E-state index contributed by atoms with van der Waals surface area (Å²) in [6, 6.07) is 12.0. The van der Waals surface area contributed by atoms with E-state index in [9.17, 15) is 4.79 Å². The molecule has 0 aromatic heterocycles. The summed E-state index contributed by atoms with van der Waals surface area (Å²) in [5.74, 6) is 0.985. The van der Waals surface area contributed by atoms with Crippen LogP contribution in [0.5, 0.6) is 11.5 Å². The quantitative estimate of drug-likeness (QED) is 0.829. The average Bonchev–Trinajstić information content (AvgIpc) is 2.48. The van der Waals surface area contributed by atoms with Gasteiger partial charge in [-0.25, -0.2) is 0 Å². The second-order valence-electron chi connectivity index (χ2n) is 4.38. The Balaban J connectivity index is 2.19. The zero-order chi connectivity index (χ0) is 15.2. The maximum Gasteiger partial charge on any atom is 0.255 e. The lowest BCUT2D eigenvalue weighted by molar-refractivity contribution is 0.102. The Kier molecular flexibility index (Phi) is 4.66. The molecule has 0 saturated heterocycles. The molecule has 0 atom stereocenters. The molecular formula is C16H18N2O3. The van der Waals surface area contributed by atoms with Crippen LogP contribution >= 0.6 is 0 Å². The number of hydrogen-bond acceptors (Lipinski definition) is 4. The van der Waals surface area contributed by atoms with E-state index >= 15 is 0 Å². The number of nitrogen functional groups attached to an aromatic ring is 1. The van der Waals surface area contributed by atoms with Gasteiger partial charge in [-0.3, -0.25) is 4.79 Å². The summed E-state index contributed by atoms with van der Waals surface area (Å²) in [4.78, 5) is 12.2. The summed E-state index contributed by atoms with van der Waals surface area (Å²) in [7, 11) is 1.57. The molecule has 5 nitrogen and oxygen atoms in total. The van der Waals surface area contributed by atoms with E-state index in [1.807, 2.05) is 6.92 Å². The highest BCUT2D eigenvalue weighted by molar-refractivity contribution is 6.04. The molecule has 0 saturated carbocycles. The number of amides is 1. The topological polar surface area (TPSA) is 73.6 Å². The normalized spacial score (nSPS) is 10.0. The molecule has 0 unspecified atom stereocenters. The van der Waals surface area contributed by atoms with E-state index in [4.69, 9.17) is 15.2 Å². The molecule has 0 aliphatic rings. The van der Waals surface area contributed by atoms with Crippen molar-refractivity contribution in [2.45, 2.75) is 6.92 Å². The van der Waals surface area contributed by atoms with Crippen LogP contribution < -0.4 is 20.5 Å². The van der Waals surface area contributed by atoms with Crippen LogP contribution in [0.25, 0.3) is 0 Å². The van der Waals surface area contributed by atoms with Crippen molar-refractivity contribution in [2.24, 2.45) is 0 Å². The predicted octanol–water partition coefficient (Wildman–Crippen LogP) is 2.93. The smallest absolute Gasteiger partial charge is 0.255 e. The molecule has 0 fully saturated rings. The number of carbonyl (C=O) groups excluding carboxylic acids is 1. The first-order chi connectivity index (χ1) is 10.1. The monoisotopic (exact) mass is 286 g/mol. The molecule has 5 heteroatoms.